The van der Waals surface area contributed by atoms with Gasteiger partial charge in [0.25, 0.3) is 5.91 Å². The molecule has 1 aromatic carbocycles. The third-order valence-electron chi connectivity index (χ3n) is 4.30. The molecule has 1 aromatic heterocycles. The summed E-state index contributed by atoms with van der Waals surface area (Å²) in [6.07, 6.45) is 4.00. The number of hydrogen-bond donors (Lipinski definition) is 1. The van der Waals surface area contributed by atoms with Gasteiger partial charge in [0.1, 0.15) is 0 Å². The fraction of sp³-hybridized carbons (Fsp3) is 0.353. The molecule has 1 N–H and O–H groups in total. The van der Waals surface area contributed by atoms with Gasteiger partial charge >= 0.3 is 0 Å². The molecule has 2 heterocycles. The molecule has 0 spiro atoms. The standard InChI is InChI=1S/C17H21N3O3S/c1-14-5-2-3-6-16(14)24(22,23)20-10-4-9-19(11-12-20)17(21)15-7-8-18-13-15/h2-3,5-8,13,18H,4,9-12H2,1H3. The van der Waals surface area contributed by atoms with Crippen LogP contribution in [0.2, 0.25) is 0 Å². The van der Waals surface area contributed by atoms with E-state index in [1.807, 2.05) is 6.07 Å². The zero-order valence-corrected chi connectivity index (χ0v) is 14.4. The largest absolute Gasteiger partial charge is 0.367 e. The summed E-state index contributed by atoms with van der Waals surface area (Å²) >= 11 is 0. The molecule has 1 aliphatic rings. The van der Waals surface area contributed by atoms with Gasteiger partial charge in [-0.15, -0.1) is 0 Å². The zero-order valence-electron chi connectivity index (χ0n) is 13.6. The van der Waals surface area contributed by atoms with Crippen LogP contribution in [0.3, 0.4) is 0 Å². The fourth-order valence-corrected chi connectivity index (χ4v) is 4.66. The van der Waals surface area contributed by atoms with E-state index in [0.717, 1.165) is 5.56 Å². The molecule has 24 heavy (non-hydrogen) atoms. The fourth-order valence-electron chi connectivity index (χ4n) is 2.96. The van der Waals surface area contributed by atoms with Crippen molar-refractivity contribution in [1.29, 1.82) is 0 Å². The highest BCUT2D eigenvalue weighted by Crippen LogP contribution is 2.21. The molecule has 1 amide bonds. The van der Waals surface area contributed by atoms with Crippen molar-refractivity contribution in [2.45, 2.75) is 18.2 Å². The Morgan fingerprint density at radius 1 is 1.08 bits per heavy atom. The molecule has 0 atom stereocenters. The molecule has 0 unspecified atom stereocenters. The number of carbonyl (C=O) groups excluding carboxylic acids is 1. The number of nitrogens with one attached hydrogen (secondary N) is 1. The second-order valence-corrected chi connectivity index (χ2v) is 7.82. The lowest BCUT2D eigenvalue weighted by molar-refractivity contribution is 0.0764. The SMILES string of the molecule is Cc1ccccc1S(=O)(=O)N1CCCN(C(=O)c2cc[nH]c2)CC1. The number of hydrogen-bond acceptors (Lipinski definition) is 3. The molecule has 0 aliphatic carbocycles. The van der Waals surface area contributed by atoms with Crippen LogP contribution >= 0.6 is 0 Å². The Morgan fingerprint density at radius 2 is 1.88 bits per heavy atom. The molecule has 3 rings (SSSR count). The second-order valence-electron chi connectivity index (χ2n) is 5.92. The molecule has 0 saturated carbocycles. The molecule has 0 radical (unpaired) electrons. The van der Waals surface area contributed by atoms with Gasteiger partial charge in [0, 0.05) is 38.6 Å². The lowest BCUT2D eigenvalue weighted by Gasteiger charge is -2.22. The molecule has 7 heteroatoms. The third-order valence-corrected chi connectivity index (χ3v) is 6.36. The molecular weight excluding hydrogens is 326 g/mol. The van der Waals surface area contributed by atoms with Crippen molar-refractivity contribution >= 4 is 15.9 Å². The maximum absolute atomic E-state index is 12.9. The lowest BCUT2D eigenvalue weighted by atomic mass is 10.2. The van der Waals surface area contributed by atoms with Crippen LogP contribution in [0.15, 0.2) is 47.6 Å². The number of H-pyrrole nitrogens is 1. The van der Waals surface area contributed by atoms with Crippen molar-refractivity contribution in [3.63, 3.8) is 0 Å². The first-order chi connectivity index (χ1) is 11.5. The first-order valence-corrected chi connectivity index (χ1v) is 9.42. The van der Waals surface area contributed by atoms with E-state index in [4.69, 9.17) is 0 Å². The third kappa shape index (κ3) is 3.22. The molecule has 1 fully saturated rings. The Kier molecular flexibility index (Phi) is 4.73. The minimum absolute atomic E-state index is 0.0635. The monoisotopic (exact) mass is 347 g/mol. The Morgan fingerprint density at radius 3 is 2.58 bits per heavy atom. The summed E-state index contributed by atoms with van der Waals surface area (Å²) in [6, 6.07) is 8.73. The maximum atomic E-state index is 12.9. The van der Waals surface area contributed by atoms with Crippen LogP contribution in [-0.4, -0.2) is 54.7 Å². The number of nitrogens with zero attached hydrogens (tertiary/aromatic N) is 2. The van der Waals surface area contributed by atoms with E-state index in [-0.39, 0.29) is 5.91 Å². The van der Waals surface area contributed by atoms with E-state index in [0.29, 0.717) is 43.1 Å². The van der Waals surface area contributed by atoms with Crippen LogP contribution in [0, 0.1) is 6.92 Å². The van der Waals surface area contributed by atoms with Gasteiger partial charge in [-0.3, -0.25) is 4.79 Å². The molecule has 2 aromatic rings. The molecular formula is C17H21N3O3S. The van der Waals surface area contributed by atoms with Gasteiger partial charge in [0.15, 0.2) is 0 Å². The average Bonchev–Trinajstić information content (AvgIpc) is 2.98. The van der Waals surface area contributed by atoms with Crippen LogP contribution in [0.4, 0.5) is 0 Å². The quantitative estimate of drug-likeness (QED) is 0.921. The normalized spacial score (nSPS) is 16.8. The van der Waals surface area contributed by atoms with Crippen LogP contribution in [0.25, 0.3) is 0 Å². The number of sulfonamides is 1. The van der Waals surface area contributed by atoms with Crippen molar-refractivity contribution < 1.29 is 13.2 Å². The van der Waals surface area contributed by atoms with E-state index in [1.54, 1.807) is 48.5 Å². The summed E-state index contributed by atoms with van der Waals surface area (Å²) < 4.78 is 27.3. The van der Waals surface area contributed by atoms with E-state index >= 15 is 0 Å². The van der Waals surface area contributed by atoms with Gasteiger partial charge in [-0.2, -0.15) is 4.31 Å². The maximum Gasteiger partial charge on any atom is 0.255 e. The highest BCUT2D eigenvalue weighted by atomic mass is 32.2. The van der Waals surface area contributed by atoms with E-state index < -0.39 is 10.0 Å². The molecule has 128 valence electrons. The van der Waals surface area contributed by atoms with Crippen LogP contribution in [0.5, 0.6) is 0 Å². The number of aryl methyl sites for hydroxylation is 1. The number of aromatic amines is 1. The van der Waals surface area contributed by atoms with Crippen LogP contribution in [0.1, 0.15) is 22.3 Å². The minimum Gasteiger partial charge on any atom is -0.367 e. The van der Waals surface area contributed by atoms with Crippen molar-refractivity contribution in [2.24, 2.45) is 0 Å². The minimum atomic E-state index is -3.53. The van der Waals surface area contributed by atoms with Crippen molar-refractivity contribution in [3.8, 4) is 0 Å². The summed E-state index contributed by atoms with van der Waals surface area (Å²) in [4.78, 5) is 17.4. The predicted octanol–water partition coefficient (Wildman–Crippen LogP) is 1.86. The highest BCUT2D eigenvalue weighted by Gasteiger charge is 2.29. The summed E-state index contributed by atoms with van der Waals surface area (Å²) in [6.45, 7) is 3.49. The number of amides is 1. The predicted molar refractivity (Wildman–Crippen MR) is 91.3 cm³/mol. The zero-order chi connectivity index (χ0) is 17.2. The number of rotatable bonds is 3. The molecule has 6 nitrogen and oxygen atoms in total. The number of benzene rings is 1. The lowest BCUT2D eigenvalue weighted by Crippen LogP contribution is -2.37. The molecule has 1 aliphatic heterocycles. The van der Waals surface area contributed by atoms with Gasteiger partial charge in [-0.05, 0) is 31.0 Å². The number of carbonyl (C=O) groups is 1. The Balaban J connectivity index is 1.76. The van der Waals surface area contributed by atoms with E-state index in [1.165, 1.54) is 4.31 Å². The topological polar surface area (TPSA) is 73.5 Å². The summed E-state index contributed by atoms with van der Waals surface area (Å²) in [5, 5.41) is 0. The first-order valence-electron chi connectivity index (χ1n) is 7.98. The first kappa shape index (κ1) is 16.7. The van der Waals surface area contributed by atoms with Crippen molar-refractivity contribution in [3.05, 3.63) is 53.9 Å². The van der Waals surface area contributed by atoms with Crippen LogP contribution < -0.4 is 0 Å². The summed E-state index contributed by atoms with van der Waals surface area (Å²) in [5.74, 6) is -0.0635. The summed E-state index contributed by atoms with van der Waals surface area (Å²) in [7, 11) is -3.53. The van der Waals surface area contributed by atoms with Crippen molar-refractivity contribution in [1.82, 2.24) is 14.2 Å². The van der Waals surface area contributed by atoms with Gasteiger partial charge in [-0.1, -0.05) is 18.2 Å². The molecule has 1 saturated heterocycles. The number of aromatic nitrogens is 1. The van der Waals surface area contributed by atoms with Gasteiger partial charge in [0.2, 0.25) is 10.0 Å². The van der Waals surface area contributed by atoms with Crippen LogP contribution in [-0.2, 0) is 10.0 Å². The van der Waals surface area contributed by atoms with Gasteiger partial charge < -0.3 is 9.88 Å². The Labute approximate surface area is 142 Å². The Bertz CT molecular complexity index is 815. The second kappa shape index (κ2) is 6.78. The highest BCUT2D eigenvalue weighted by molar-refractivity contribution is 7.89. The van der Waals surface area contributed by atoms with E-state index in [2.05, 4.69) is 4.98 Å². The summed E-state index contributed by atoms with van der Waals surface area (Å²) in [5.41, 5.74) is 1.34. The molecule has 0 bridgehead atoms. The Hall–Kier alpha value is -2.12. The van der Waals surface area contributed by atoms with Gasteiger partial charge in [0.05, 0.1) is 10.5 Å². The average molecular weight is 347 g/mol. The van der Waals surface area contributed by atoms with Gasteiger partial charge in [-0.25, -0.2) is 8.42 Å². The smallest absolute Gasteiger partial charge is 0.255 e. The van der Waals surface area contributed by atoms with Crippen molar-refractivity contribution in [2.75, 3.05) is 26.2 Å². The van der Waals surface area contributed by atoms with E-state index in [9.17, 15) is 13.2 Å².